The van der Waals surface area contributed by atoms with Gasteiger partial charge in [-0.2, -0.15) is 0 Å². The summed E-state index contributed by atoms with van der Waals surface area (Å²) in [5.41, 5.74) is 1.69. The van der Waals surface area contributed by atoms with E-state index < -0.39 is 9.84 Å². The molecule has 0 saturated heterocycles. The Morgan fingerprint density at radius 2 is 1.63 bits per heavy atom. The van der Waals surface area contributed by atoms with Gasteiger partial charge in [0.25, 0.3) is 0 Å². The highest BCUT2D eigenvalue weighted by molar-refractivity contribution is 7.91. The van der Waals surface area contributed by atoms with E-state index in [0.717, 1.165) is 24.9 Å². The Kier molecular flexibility index (Phi) is 7.68. The van der Waals surface area contributed by atoms with Crippen LogP contribution in [0.3, 0.4) is 0 Å². The van der Waals surface area contributed by atoms with Gasteiger partial charge in [0, 0.05) is 6.07 Å². The second-order valence-corrected chi connectivity index (χ2v) is 8.55. The molecule has 5 nitrogen and oxygen atoms in total. The second-order valence-electron chi connectivity index (χ2n) is 6.30. The Hall–Kier alpha value is -2.05. The van der Waals surface area contributed by atoms with Crippen molar-refractivity contribution in [3.05, 3.63) is 53.6 Å². The van der Waals surface area contributed by atoms with Crippen LogP contribution in [0.4, 0.5) is 0 Å². The molecular formula is C21H29NO4S. The Morgan fingerprint density at radius 3 is 2.19 bits per heavy atom. The maximum atomic E-state index is 12.8. The summed E-state index contributed by atoms with van der Waals surface area (Å²) < 4.78 is 36.5. The first-order chi connectivity index (χ1) is 13.0. The standard InChI is InChI=1S/C21H29NO4S/c1-5-7-13-22-21(16-11-9-8-10-12-16)17-14-18(25-3)19(26-4)15-20(17)27(23,24)6-2/h8-12,14-15,21-22H,5-7,13H2,1-4H3/t21-/m1/s1. The lowest BCUT2D eigenvalue weighted by Crippen LogP contribution is -2.25. The summed E-state index contributed by atoms with van der Waals surface area (Å²) in [4.78, 5) is 0.278. The van der Waals surface area contributed by atoms with Crippen LogP contribution < -0.4 is 14.8 Å². The van der Waals surface area contributed by atoms with Crippen LogP contribution in [-0.4, -0.2) is 34.9 Å². The van der Waals surface area contributed by atoms with Crippen LogP contribution in [0.5, 0.6) is 11.5 Å². The van der Waals surface area contributed by atoms with Crippen LogP contribution in [0.1, 0.15) is 43.9 Å². The van der Waals surface area contributed by atoms with Crippen molar-refractivity contribution in [2.75, 3.05) is 26.5 Å². The minimum atomic E-state index is -3.45. The molecule has 2 aromatic carbocycles. The molecule has 0 radical (unpaired) electrons. The fourth-order valence-electron chi connectivity index (χ4n) is 3.00. The number of benzene rings is 2. The summed E-state index contributed by atoms with van der Waals surface area (Å²) in [6, 6.07) is 13.0. The maximum absolute atomic E-state index is 12.8. The van der Waals surface area contributed by atoms with E-state index in [-0.39, 0.29) is 16.7 Å². The maximum Gasteiger partial charge on any atom is 0.178 e. The lowest BCUT2D eigenvalue weighted by atomic mass is 9.97. The zero-order valence-corrected chi connectivity index (χ0v) is 17.3. The first-order valence-corrected chi connectivity index (χ1v) is 10.9. The topological polar surface area (TPSA) is 64.6 Å². The van der Waals surface area contributed by atoms with Gasteiger partial charge in [-0.15, -0.1) is 0 Å². The predicted octanol–water partition coefficient (Wildman–Crippen LogP) is 3.98. The minimum absolute atomic E-state index is 0.0198. The molecular weight excluding hydrogens is 362 g/mol. The molecule has 0 amide bonds. The highest BCUT2D eigenvalue weighted by atomic mass is 32.2. The van der Waals surface area contributed by atoms with E-state index in [1.165, 1.54) is 7.11 Å². The van der Waals surface area contributed by atoms with Crippen LogP contribution in [-0.2, 0) is 9.84 Å². The third kappa shape index (κ3) is 5.02. The lowest BCUT2D eigenvalue weighted by molar-refractivity contribution is 0.352. The smallest absolute Gasteiger partial charge is 0.178 e. The molecule has 0 aromatic heterocycles. The van der Waals surface area contributed by atoms with E-state index in [4.69, 9.17) is 9.47 Å². The van der Waals surface area contributed by atoms with Gasteiger partial charge in [0.1, 0.15) is 0 Å². The number of methoxy groups -OCH3 is 2. The average molecular weight is 392 g/mol. The number of hydrogen-bond donors (Lipinski definition) is 1. The number of hydrogen-bond acceptors (Lipinski definition) is 5. The van der Waals surface area contributed by atoms with E-state index in [1.807, 2.05) is 30.3 Å². The number of unbranched alkanes of at least 4 members (excludes halogenated alkanes) is 1. The van der Waals surface area contributed by atoms with Crippen molar-refractivity contribution in [3.63, 3.8) is 0 Å². The van der Waals surface area contributed by atoms with Crippen LogP contribution in [0.15, 0.2) is 47.4 Å². The van der Waals surface area contributed by atoms with E-state index in [1.54, 1.807) is 26.2 Å². The van der Waals surface area contributed by atoms with Crippen LogP contribution in [0.25, 0.3) is 0 Å². The van der Waals surface area contributed by atoms with Gasteiger partial charge >= 0.3 is 0 Å². The molecule has 0 spiro atoms. The van der Waals surface area contributed by atoms with Gasteiger partial charge in [0.2, 0.25) is 0 Å². The monoisotopic (exact) mass is 391 g/mol. The van der Waals surface area contributed by atoms with Crippen molar-refractivity contribution in [1.82, 2.24) is 5.32 Å². The predicted molar refractivity (Wildman–Crippen MR) is 108 cm³/mol. The second kappa shape index (κ2) is 9.76. The quantitative estimate of drug-likeness (QED) is 0.621. The SMILES string of the molecule is CCCCN[C@H](c1ccccc1)c1cc(OC)c(OC)cc1S(=O)(=O)CC. The van der Waals surface area contributed by atoms with Gasteiger partial charge in [-0.1, -0.05) is 50.6 Å². The minimum Gasteiger partial charge on any atom is -0.493 e. The number of sulfone groups is 1. The highest BCUT2D eigenvalue weighted by Gasteiger charge is 2.26. The molecule has 0 fully saturated rings. The van der Waals surface area contributed by atoms with E-state index >= 15 is 0 Å². The van der Waals surface area contributed by atoms with Gasteiger partial charge < -0.3 is 14.8 Å². The van der Waals surface area contributed by atoms with Gasteiger partial charge in [-0.3, -0.25) is 0 Å². The Bertz CT molecular complexity index is 835. The Balaban J connectivity index is 2.68. The van der Waals surface area contributed by atoms with Crippen molar-refractivity contribution in [2.24, 2.45) is 0 Å². The summed E-state index contributed by atoms with van der Waals surface area (Å²) in [6.07, 6.45) is 2.06. The third-order valence-corrected chi connectivity index (χ3v) is 6.34. The fraction of sp³-hybridized carbons (Fsp3) is 0.429. The molecule has 148 valence electrons. The first-order valence-electron chi connectivity index (χ1n) is 9.25. The molecule has 2 aromatic rings. The van der Waals surface area contributed by atoms with Crippen molar-refractivity contribution in [3.8, 4) is 11.5 Å². The van der Waals surface area contributed by atoms with Gasteiger partial charge in [0.15, 0.2) is 21.3 Å². The summed E-state index contributed by atoms with van der Waals surface area (Å²) in [7, 11) is -0.384. The molecule has 0 heterocycles. The Labute approximate surface area is 162 Å². The van der Waals surface area contributed by atoms with Crippen LogP contribution in [0, 0.1) is 0 Å². The molecule has 27 heavy (non-hydrogen) atoms. The molecule has 1 N–H and O–H groups in total. The number of rotatable bonds is 10. The number of nitrogens with one attached hydrogen (secondary N) is 1. The van der Waals surface area contributed by atoms with Crippen molar-refractivity contribution in [1.29, 1.82) is 0 Å². The molecule has 1 atom stereocenters. The summed E-state index contributed by atoms with van der Waals surface area (Å²) in [5, 5.41) is 3.52. The molecule has 0 unspecified atom stereocenters. The van der Waals surface area contributed by atoms with Crippen LogP contribution in [0.2, 0.25) is 0 Å². The molecule has 0 aliphatic carbocycles. The first kappa shape index (κ1) is 21.3. The number of ether oxygens (including phenoxy) is 2. The molecule has 0 bridgehead atoms. The largest absolute Gasteiger partial charge is 0.493 e. The van der Waals surface area contributed by atoms with Gasteiger partial charge in [-0.05, 0) is 30.2 Å². The lowest BCUT2D eigenvalue weighted by Gasteiger charge is -2.24. The van der Waals surface area contributed by atoms with Crippen molar-refractivity contribution >= 4 is 9.84 Å². The molecule has 2 rings (SSSR count). The van der Waals surface area contributed by atoms with Crippen molar-refractivity contribution < 1.29 is 17.9 Å². The Morgan fingerprint density at radius 1 is 1.00 bits per heavy atom. The summed E-state index contributed by atoms with van der Waals surface area (Å²) >= 11 is 0. The zero-order valence-electron chi connectivity index (χ0n) is 16.5. The van der Waals surface area contributed by atoms with E-state index in [9.17, 15) is 8.42 Å². The molecule has 0 saturated carbocycles. The molecule has 6 heteroatoms. The molecule has 0 aliphatic heterocycles. The van der Waals surface area contributed by atoms with Crippen molar-refractivity contribution in [2.45, 2.75) is 37.6 Å². The summed E-state index contributed by atoms with van der Waals surface area (Å²) in [6.45, 7) is 4.57. The summed E-state index contributed by atoms with van der Waals surface area (Å²) in [5.74, 6) is 0.945. The van der Waals surface area contributed by atoms with E-state index in [0.29, 0.717) is 17.1 Å². The van der Waals surface area contributed by atoms with Crippen LogP contribution >= 0.6 is 0 Å². The average Bonchev–Trinajstić information content (AvgIpc) is 2.71. The third-order valence-electron chi connectivity index (χ3n) is 4.55. The highest BCUT2D eigenvalue weighted by Crippen LogP contribution is 2.38. The van der Waals surface area contributed by atoms with Gasteiger partial charge in [0.05, 0.1) is 30.9 Å². The fourth-order valence-corrected chi connectivity index (χ4v) is 4.14. The van der Waals surface area contributed by atoms with E-state index in [2.05, 4.69) is 12.2 Å². The van der Waals surface area contributed by atoms with Gasteiger partial charge in [-0.25, -0.2) is 8.42 Å². The zero-order chi connectivity index (χ0) is 19.9. The molecule has 0 aliphatic rings. The normalized spacial score (nSPS) is 12.6.